The summed E-state index contributed by atoms with van der Waals surface area (Å²) in [7, 11) is 0. The third-order valence-electron chi connectivity index (χ3n) is 4.43. The Morgan fingerprint density at radius 3 is 2.72 bits per heavy atom. The van der Waals surface area contributed by atoms with Gasteiger partial charge in [-0.1, -0.05) is 0 Å². The number of rotatable bonds is 2. The van der Waals surface area contributed by atoms with Crippen molar-refractivity contribution < 1.29 is 29.2 Å². The molecule has 1 heterocycles. The van der Waals surface area contributed by atoms with Crippen molar-refractivity contribution in [2.24, 2.45) is 17.8 Å². The summed E-state index contributed by atoms with van der Waals surface area (Å²) in [6.45, 7) is 10.5. The van der Waals surface area contributed by atoms with Gasteiger partial charge in [0, 0.05) is 0 Å². The molecule has 0 aromatic heterocycles. The summed E-state index contributed by atoms with van der Waals surface area (Å²) < 4.78 is 6.57. The Morgan fingerprint density at radius 1 is 1.50 bits per heavy atom. The van der Waals surface area contributed by atoms with Crippen LogP contribution in [0.25, 0.3) is 0 Å². The molecule has 1 aliphatic carbocycles. The minimum absolute atomic E-state index is 0.150. The van der Waals surface area contributed by atoms with E-state index in [1.807, 2.05) is 0 Å². The van der Waals surface area contributed by atoms with Gasteiger partial charge < -0.3 is 0 Å². The zero-order valence-corrected chi connectivity index (χ0v) is 14.3. The summed E-state index contributed by atoms with van der Waals surface area (Å²) >= 11 is 1.11. The summed E-state index contributed by atoms with van der Waals surface area (Å²) in [4.78, 5) is 0. The molecule has 0 aromatic rings. The average Bonchev–Trinajstić information content (AvgIpc) is 2.26. The van der Waals surface area contributed by atoms with Crippen molar-refractivity contribution in [3.05, 3.63) is 24.0 Å². The number of allylic oxidation sites excluding steroid dienone is 1. The van der Waals surface area contributed by atoms with E-state index in [1.54, 1.807) is 6.08 Å². The Balaban J connectivity index is 2.48. The van der Waals surface area contributed by atoms with Gasteiger partial charge in [0.15, 0.2) is 0 Å². The molecular formula is C15H22O2W. The molecule has 3 atom stereocenters. The SMILES string of the molecule is C=CC1=C([C](O)=[W])C2CC(C)CCC2C(C)(C)O1. The van der Waals surface area contributed by atoms with Gasteiger partial charge in [-0.2, -0.15) is 0 Å². The molecule has 2 nitrogen and oxygen atoms in total. The minimum atomic E-state index is -0.150. The fraction of sp³-hybridized carbons (Fsp3) is 0.667. The summed E-state index contributed by atoms with van der Waals surface area (Å²) in [6.07, 6.45) is 5.37. The molecule has 18 heavy (non-hydrogen) atoms. The van der Waals surface area contributed by atoms with Gasteiger partial charge in [0.05, 0.1) is 0 Å². The van der Waals surface area contributed by atoms with Crippen LogP contribution < -0.4 is 0 Å². The van der Waals surface area contributed by atoms with Gasteiger partial charge in [-0.25, -0.2) is 0 Å². The summed E-state index contributed by atoms with van der Waals surface area (Å²) in [5, 5.41) is 10.0. The summed E-state index contributed by atoms with van der Waals surface area (Å²) in [5.41, 5.74) is 0.874. The number of hydrogen-bond acceptors (Lipinski definition) is 2. The number of hydrogen-bond donors (Lipinski definition) is 1. The molecule has 2 rings (SSSR count). The standard InChI is InChI=1S/C15H22O2.W/c1-5-14-12(9-16)11-8-10(2)6-7-13(11)15(3,4)17-14;/h5,10-11,13,16H,1,6-8H2,2-4H3;. The van der Waals surface area contributed by atoms with E-state index in [0.29, 0.717) is 15.9 Å². The second kappa shape index (κ2) is 5.06. The van der Waals surface area contributed by atoms with E-state index in [0.717, 1.165) is 43.0 Å². The predicted molar refractivity (Wildman–Crippen MR) is 69.3 cm³/mol. The van der Waals surface area contributed by atoms with E-state index in [4.69, 9.17) is 4.74 Å². The van der Waals surface area contributed by atoms with E-state index >= 15 is 0 Å². The number of ether oxygens (including phenoxy) is 1. The molecule has 0 amide bonds. The van der Waals surface area contributed by atoms with Crippen LogP contribution in [0, 0.1) is 17.8 Å². The molecule has 1 aliphatic heterocycles. The third kappa shape index (κ3) is 2.42. The summed E-state index contributed by atoms with van der Waals surface area (Å²) in [6, 6.07) is 0. The Kier molecular flexibility index (Phi) is 3.99. The van der Waals surface area contributed by atoms with Crippen LogP contribution in [0.15, 0.2) is 24.0 Å². The van der Waals surface area contributed by atoms with Crippen molar-refractivity contribution in [1.82, 2.24) is 0 Å². The van der Waals surface area contributed by atoms with Gasteiger partial charge in [-0.15, -0.1) is 0 Å². The molecule has 2 aliphatic rings. The molecule has 0 spiro atoms. The van der Waals surface area contributed by atoms with Gasteiger partial charge in [0.2, 0.25) is 0 Å². The Labute approximate surface area is 121 Å². The van der Waals surface area contributed by atoms with Crippen LogP contribution in [0.1, 0.15) is 40.0 Å². The maximum atomic E-state index is 10.0. The number of fused-ring (bicyclic) bond motifs is 1. The van der Waals surface area contributed by atoms with Gasteiger partial charge in [-0.3, -0.25) is 0 Å². The zero-order chi connectivity index (χ0) is 13.5. The van der Waals surface area contributed by atoms with Crippen LogP contribution in [0.5, 0.6) is 0 Å². The zero-order valence-electron chi connectivity index (χ0n) is 11.4. The Morgan fingerprint density at radius 2 is 2.17 bits per heavy atom. The fourth-order valence-electron chi connectivity index (χ4n) is 3.54. The fourth-order valence-corrected chi connectivity index (χ4v) is 4.45. The Hall–Kier alpha value is -0.202. The molecule has 1 saturated carbocycles. The quantitative estimate of drug-likeness (QED) is 0.746. The van der Waals surface area contributed by atoms with Crippen molar-refractivity contribution in [3.8, 4) is 0 Å². The summed E-state index contributed by atoms with van der Waals surface area (Å²) in [5.74, 6) is 2.47. The molecule has 3 unspecified atom stereocenters. The van der Waals surface area contributed by atoms with Crippen LogP contribution in [-0.2, 0) is 24.1 Å². The second-order valence-electron chi connectivity index (χ2n) is 6.12. The van der Waals surface area contributed by atoms with Crippen molar-refractivity contribution in [2.45, 2.75) is 45.6 Å². The van der Waals surface area contributed by atoms with Crippen LogP contribution in [0.2, 0.25) is 0 Å². The van der Waals surface area contributed by atoms with Crippen LogP contribution in [0.4, 0.5) is 0 Å². The van der Waals surface area contributed by atoms with E-state index in [9.17, 15) is 5.11 Å². The first-order valence-electron chi connectivity index (χ1n) is 6.65. The Bertz CT molecular complexity index is 409. The average molecular weight is 418 g/mol. The second-order valence-corrected chi connectivity index (χ2v) is 7.51. The normalized spacial score (nSPS) is 34.6. The van der Waals surface area contributed by atoms with Gasteiger partial charge in [0.1, 0.15) is 0 Å². The van der Waals surface area contributed by atoms with Crippen molar-refractivity contribution in [1.29, 1.82) is 0 Å². The van der Waals surface area contributed by atoms with E-state index in [1.165, 1.54) is 12.8 Å². The van der Waals surface area contributed by atoms with Gasteiger partial charge in [0.25, 0.3) is 0 Å². The molecule has 0 saturated heterocycles. The van der Waals surface area contributed by atoms with Crippen molar-refractivity contribution >= 4 is 4.08 Å². The molecule has 1 N–H and O–H groups in total. The first kappa shape index (κ1) is 14.2. The van der Waals surface area contributed by atoms with E-state index in [2.05, 4.69) is 27.4 Å². The monoisotopic (exact) mass is 418 g/mol. The molecule has 0 radical (unpaired) electrons. The van der Waals surface area contributed by atoms with Crippen LogP contribution >= 0.6 is 0 Å². The molecule has 100 valence electrons. The van der Waals surface area contributed by atoms with Crippen LogP contribution in [0.3, 0.4) is 0 Å². The van der Waals surface area contributed by atoms with E-state index in [-0.39, 0.29) is 5.60 Å². The van der Waals surface area contributed by atoms with E-state index < -0.39 is 0 Å². The third-order valence-corrected chi connectivity index (χ3v) is 5.22. The van der Waals surface area contributed by atoms with Crippen molar-refractivity contribution in [2.75, 3.05) is 0 Å². The van der Waals surface area contributed by atoms with Crippen LogP contribution in [-0.4, -0.2) is 14.8 Å². The van der Waals surface area contributed by atoms with Gasteiger partial charge >= 0.3 is 121 Å². The molecular weight excluding hydrogens is 396 g/mol. The first-order valence-corrected chi connectivity index (χ1v) is 8.12. The molecule has 1 fully saturated rings. The molecule has 3 heteroatoms. The number of aliphatic hydroxyl groups is 1. The maximum absolute atomic E-state index is 10.0. The first-order chi connectivity index (χ1) is 8.36. The molecule has 0 bridgehead atoms. The molecule has 0 aromatic carbocycles. The predicted octanol–water partition coefficient (Wildman–Crippen LogP) is 3.34. The topological polar surface area (TPSA) is 29.5 Å². The van der Waals surface area contributed by atoms with Gasteiger partial charge in [-0.05, 0) is 0 Å². The van der Waals surface area contributed by atoms with Crippen molar-refractivity contribution in [3.63, 3.8) is 0 Å². The number of aliphatic hydroxyl groups excluding tert-OH is 1.